The number of aromatic hydroxyl groups is 1. The monoisotopic (exact) mass is 356 g/mol. The second-order valence-corrected chi connectivity index (χ2v) is 5.65. The van der Waals surface area contributed by atoms with Crippen LogP contribution in [0.4, 0.5) is 0 Å². The Hall–Kier alpha value is -1.75. The van der Waals surface area contributed by atoms with Crippen LogP contribution in [0, 0.1) is 0 Å². The van der Waals surface area contributed by atoms with Crippen molar-refractivity contribution in [3.05, 3.63) is 62.6 Å². The second-order valence-electron chi connectivity index (χ2n) is 4.40. The molecule has 0 radical (unpaired) electrons. The number of hydrazone groups is 1. The van der Waals surface area contributed by atoms with Crippen LogP contribution in [-0.2, 0) is 0 Å². The third kappa shape index (κ3) is 3.71. The minimum atomic E-state index is -0.461. The maximum Gasteiger partial charge on any atom is 0.272 e. The molecule has 2 rings (SSSR count). The topological polar surface area (TPSA) is 61.7 Å². The lowest BCUT2D eigenvalue weighted by molar-refractivity contribution is 0.0955. The highest BCUT2D eigenvalue weighted by molar-refractivity contribution is 6.36. The van der Waals surface area contributed by atoms with E-state index in [1.807, 2.05) is 0 Å². The van der Waals surface area contributed by atoms with Gasteiger partial charge in [-0.3, -0.25) is 4.79 Å². The van der Waals surface area contributed by atoms with Crippen LogP contribution in [-0.4, -0.2) is 16.7 Å². The number of nitrogens with zero attached hydrogens (tertiary/aromatic N) is 1. The molecule has 4 nitrogen and oxygen atoms in total. The van der Waals surface area contributed by atoms with E-state index in [4.69, 9.17) is 34.8 Å². The molecule has 0 saturated heterocycles. The summed E-state index contributed by atoms with van der Waals surface area (Å²) in [5.41, 5.74) is 3.35. The van der Waals surface area contributed by atoms with Gasteiger partial charge in [0.25, 0.3) is 5.91 Å². The minimum Gasteiger partial charge on any atom is -0.506 e. The molecule has 0 spiro atoms. The molecule has 0 saturated carbocycles. The van der Waals surface area contributed by atoms with Gasteiger partial charge in [0, 0.05) is 10.6 Å². The van der Waals surface area contributed by atoms with Crippen LogP contribution < -0.4 is 5.43 Å². The zero-order chi connectivity index (χ0) is 16.3. The first-order valence-electron chi connectivity index (χ1n) is 6.17. The summed E-state index contributed by atoms with van der Waals surface area (Å²) in [6.45, 7) is 1.61. The summed E-state index contributed by atoms with van der Waals surface area (Å²) >= 11 is 17.7. The van der Waals surface area contributed by atoms with Crippen LogP contribution in [0.5, 0.6) is 5.75 Å². The summed E-state index contributed by atoms with van der Waals surface area (Å²) in [6.07, 6.45) is 0. The molecule has 0 fully saturated rings. The molecule has 7 heteroatoms. The molecular formula is C15H11Cl3N2O2. The number of carbonyl (C=O) groups excluding carboxylic acids is 1. The maximum atomic E-state index is 12.0. The van der Waals surface area contributed by atoms with Crippen LogP contribution in [0.25, 0.3) is 0 Å². The highest BCUT2D eigenvalue weighted by Gasteiger charge is 2.12. The standard InChI is InChI=1S/C15H11Cl3N2O2/c1-8(11-6-9(16)7-13(18)14(11)21)19-20-15(22)10-4-2-3-5-12(10)17/h2-7,21H,1H3,(H,20,22). The molecule has 22 heavy (non-hydrogen) atoms. The van der Waals surface area contributed by atoms with Crippen molar-refractivity contribution in [3.8, 4) is 5.75 Å². The van der Waals surface area contributed by atoms with Gasteiger partial charge in [0.1, 0.15) is 5.75 Å². The normalized spacial score (nSPS) is 11.4. The number of phenols is 1. The van der Waals surface area contributed by atoms with Gasteiger partial charge in [-0.25, -0.2) is 5.43 Å². The Labute approximate surface area is 142 Å². The first-order valence-corrected chi connectivity index (χ1v) is 7.31. The molecule has 2 N–H and O–H groups in total. The fourth-order valence-electron chi connectivity index (χ4n) is 1.74. The molecule has 2 aromatic rings. The van der Waals surface area contributed by atoms with Crippen molar-refractivity contribution in [2.45, 2.75) is 6.92 Å². The Morgan fingerprint density at radius 2 is 1.77 bits per heavy atom. The van der Waals surface area contributed by atoms with E-state index in [9.17, 15) is 9.90 Å². The van der Waals surface area contributed by atoms with Crippen molar-refractivity contribution in [1.29, 1.82) is 0 Å². The number of nitrogens with one attached hydrogen (secondary N) is 1. The van der Waals surface area contributed by atoms with Gasteiger partial charge in [-0.05, 0) is 31.2 Å². The lowest BCUT2D eigenvalue weighted by Crippen LogP contribution is -2.19. The summed E-state index contributed by atoms with van der Waals surface area (Å²) in [6, 6.07) is 9.52. The third-order valence-corrected chi connectivity index (χ3v) is 3.70. The van der Waals surface area contributed by atoms with Crippen LogP contribution >= 0.6 is 34.8 Å². The Bertz CT molecular complexity index is 760. The van der Waals surface area contributed by atoms with E-state index in [2.05, 4.69) is 10.5 Å². The minimum absolute atomic E-state index is 0.106. The van der Waals surface area contributed by atoms with Crippen LogP contribution in [0.3, 0.4) is 0 Å². The Morgan fingerprint density at radius 3 is 2.45 bits per heavy atom. The average Bonchev–Trinajstić information content (AvgIpc) is 2.48. The maximum absolute atomic E-state index is 12.0. The molecule has 0 atom stereocenters. The molecule has 0 aliphatic carbocycles. The van der Waals surface area contributed by atoms with Gasteiger partial charge in [0.05, 0.1) is 21.3 Å². The quantitative estimate of drug-likeness (QED) is 0.627. The average molecular weight is 358 g/mol. The molecular weight excluding hydrogens is 347 g/mol. The molecule has 0 heterocycles. The molecule has 0 aliphatic rings. The molecule has 2 aromatic carbocycles. The van der Waals surface area contributed by atoms with Crippen LogP contribution in [0.15, 0.2) is 41.5 Å². The molecule has 0 bridgehead atoms. The first kappa shape index (κ1) is 16.6. The number of phenolic OH excluding ortho intramolecular Hbond substituents is 1. The van der Waals surface area contributed by atoms with Crippen molar-refractivity contribution in [3.63, 3.8) is 0 Å². The van der Waals surface area contributed by atoms with Crippen molar-refractivity contribution in [2.24, 2.45) is 5.10 Å². The van der Waals surface area contributed by atoms with E-state index in [1.165, 1.54) is 12.1 Å². The third-order valence-electron chi connectivity index (χ3n) is 2.86. The first-order chi connectivity index (χ1) is 10.4. The lowest BCUT2D eigenvalue weighted by Gasteiger charge is -2.08. The smallest absolute Gasteiger partial charge is 0.272 e. The summed E-state index contributed by atoms with van der Waals surface area (Å²) in [5.74, 6) is -0.614. The summed E-state index contributed by atoms with van der Waals surface area (Å²) in [4.78, 5) is 12.0. The highest BCUT2D eigenvalue weighted by Crippen LogP contribution is 2.31. The van der Waals surface area contributed by atoms with Gasteiger partial charge < -0.3 is 5.11 Å². The Morgan fingerprint density at radius 1 is 1.09 bits per heavy atom. The molecule has 1 amide bonds. The van der Waals surface area contributed by atoms with Gasteiger partial charge in [-0.2, -0.15) is 5.10 Å². The fraction of sp³-hybridized carbons (Fsp3) is 0.0667. The fourth-order valence-corrected chi connectivity index (χ4v) is 2.46. The van der Waals surface area contributed by atoms with E-state index in [1.54, 1.807) is 31.2 Å². The largest absolute Gasteiger partial charge is 0.506 e. The number of halogens is 3. The Kier molecular flexibility index (Phi) is 5.29. The zero-order valence-corrected chi connectivity index (χ0v) is 13.7. The predicted octanol–water partition coefficient (Wildman–Crippen LogP) is 4.51. The van der Waals surface area contributed by atoms with E-state index in [-0.39, 0.29) is 10.8 Å². The summed E-state index contributed by atoms with van der Waals surface area (Å²) < 4.78 is 0. The zero-order valence-electron chi connectivity index (χ0n) is 11.4. The number of carbonyl (C=O) groups is 1. The number of hydrogen-bond acceptors (Lipinski definition) is 3. The molecule has 0 aliphatic heterocycles. The molecule has 0 aromatic heterocycles. The van der Waals surface area contributed by atoms with Crippen molar-refractivity contribution in [1.82, 2.24) is 5.43 Å². The van der Waals surface area contributed by atoms with E-state index < -0.39 is 5.91 Å². The number of amides is 1. The Balaban J connectivity index is 2.24. The van der Waals surface area contributed by atoms with Crippen molar-refractivity contribution < 1.29 is 9.90 Å². The highest BCUT2D eigenvalue weighted by atomic mass is 35.5. The summed E-state index contributed by atoms with van der Waals surface area (Å²) in [5, 5.41) is 14.6. The van der Waals surface area contributed by atoms with E-state index in [0.717, 1.165) is 0 Å². The van der Waals surface area contributed by atoms with Crippen LogP contribution in [0.1, 0.15) is 22.8 Å². The van der Waals surface area contributed by atoms with E-state index >= 15 is 0 Å². The SMILES string of the molecule is CC(=NNC(=O)c1ccccc1Cl)c1cc(Cl)cc(Cl)c1O. The molecule has 0 unspecified atom stereocenters. The van der Waals surface area contributed by atoms with Crippen LogP contribution in [0.2, 0.25) is 15.1 Å². The predicted molar refractivity (Wildman–Crippen MR) is 89.3 cm³/mol. The second kappa shape index (κ2) is 7.01. The van der Waals surface area contributed by atoms with E-state index in [0.29, 0.717) is 26.9 Å². The molecule has 114 valence electrons. The van der Waals surface area contributed by atoms with Gasteiger partial charge in [-0.1, -0.05) is 46.9 Å². The van der Waals surface area contributed by atoms with Gasteiger partial charge >= 0.3 is 0 Å². The number of hydrogen-bond donors (Lipinski definition) is 2. The lowest BCUT2D eigenvalue weighted by atomic mass is 10.1. The van der Waals surface area contributed by atoms with Crippen molar-refractivity contribution >= 4 is 46.4 Å². The van der Waals surface area contributed by atoms with Gasteiger partial charge in [0.15, 0.2) is 0 Å². The van der Waals surface area contributed by atoms with Crippen molar-refractivity contribution in [2.75, 3.05) is 0 Å². The summed E-state index contributed by atoms with van der Waals surface area (Å²) in [7, 11) is 0. The number of rotatable bonds is 3. The number of benzene rings is 2. The van der Waals surface area contributed by atoms with Gasteiger partial charge in [-0.15, -0.1) is 0 Å². The van der Waals surface area contributed by atoms with Gasteiger partial charge in [0.2, 0.25) is 0 Å².